The predicted octanol–water partition coefficient (Wildman–Crippen LogP) is 3.79. The Hall–Kier alpha value is -5.52. The summed E-state index contributed by atoms with van der Waals surface area (Å²) in [6.07, 6.45) is 12.7. The highest BCUT2D eigenvalue weighted by Crippen LogP contribution is 2.24. The molecule has 2 aliphatic rings. The van der Waals surface area contributed by atoms with Crippen LogP contribution in [0.4, 0.5) is 11.4 Å². The predicted molar refractivity (Wildman–Crippen MR) is 164 cm³/mol. The highest BCUT2D eigenvalue weighted by molar-refractivity contribution is 6.02. The maximum Gasteiger partial charge on any atom is 0.257 e. The molecule has 12 nitrogen and oxygen atoms in total. The zero-order valence-corrected chi connectivity index (χ0v) is 23.9. The van der Waals surface area contributed by atoms with Crippen LogP contribution in [0.2, 0.25) is 0 Å². The number of anilines is 2. The molecular formula is C32H32N8O4. The Labute approximate surface area is 253 Å². The highest BCUT2D eigenvalue weighted by Gasteiger charge is 2.36. The maximum absolute atomic E-state index is 13.0. The fraction of sp³-hybridized carbons (Fsp3) is 0.250. The zero-order valence-electron chi connectivity index (χ0n) is 23.9. The van der Waals surface area contributed by atoms with Gasteiger partial charge in [-0.05, 0) is 61.1 Å². The molecule has 2 atom stereocenters. The van der Waals surface area contributed by atoms with Crippen LogP contribution in [0.5, 0.6) is 0 Å². The number of aromatic nitrogens is 4. The van der Waals surface area contributed by atoms with Gasteiger partial charge in [-0.3, -0.25) is 29.4 Å². The van der Waals surface area contributed by atoms with Crippen LogP contribution < -0.4 is 10.6 Å². The van der Waals surface area contributed by atoms with Crippen molar-refractivity contribution < 1.29 is 19.2 Å². The van der Waals surface area contributed by atoms with Gasteiger partial charge in [-0.2, -0.15) is 10.2 Å². The lowest BCUT2D eigenvalue weighted by atomic mass is 10.1. The van der Waals surface area contributed by atoms with Crippen LogP contribution in [0.15, 0.2) is 73.3 Å². The third kappa shape index (κ3) is 6.28. The molecule has 6 rings (SSSR count). The van der Waals surface area contributed by atoms with Crippen molar-refractivity contribution in [1.82, 2.24) is 30.2 Å². The van der Waals surface area contributed by atoms with Crippen molar-refractivity contribution >= 4 is 47.2 Å². The summed E-state index contributed by atoms with van der Waals surface area (Å²) >= 11 is 0. The van der Waals surface area contributed by atoms with E-state index in [9.17, 15) is 19.2 Å². The van der Waals surface area contributed by atoms with Crippen molar-refractivity contribution in [2.75, 3.05) is 23.7 Å². The summed E-state index contributed by atoms with van der Waals surface area (Å²) < 4.78 is 0. The number of H-pyrrole nitrogens is 2. The molecule has 0 bridgehead atoms. The van der Waals surface area contributed by atoms with E-state index in [1.54, 1.807) is 9.80 Å². The smallest absolute Gasteiger partial charge is 0.257 e. The third-order valence-electron chi connectivity index (χ3n) is 7.95. The van der Waals surface area contributed by atoms with E-state index in [0.29, 0.717) is 48.4 Å². The molecule has 2 saturated heterocycles. The molecule has 2 aromatic heterocycles. The molecule has 0 saturated carbocycles. The van der Waals surface area contributed by atoms with E-state index < -0.39 is 12.1 Å². The molecule has 0 radical (unpaired) electrons. The number of carbonyl (C=O) groups is 4. The Bertz CT molecular complexity index is 1520. The molecule has 4 aromatic rings. The first-order valence-electron chi connectivity index (χ1n) is 14.6. The Morgan fingerprint density at radius 1 is 0.659 bits per heavy atom. The van der Waals surface area contributed by atoms with E-state index in [4.69, 9.17) is 0 Å². The molecule has 0 aliphatic carbocycles. The largest absolute Gasteiger partial charge is 0.327 e. The van der Waals surface area contributed by atoms with Crippen LogP contribution >= 0.6 is 0 Å². The Morgan fingerprint density at radius 2 is 1.07 bits per heavy atom. The Balaban J connectivity index is 1.01. The molecule has 12 heteroatoms. The molecule has 4 heterocycles. The van der Waals surface area contributed by atoms with E-state index in [-0.39, 0.29) is 23.6 Å². The maximum atomic E-state index is 13.0. The summed E-state index contributed by atoms with van der Waals surface area (Å²) in [6, 6.07) is 13.9. The topological polar surface area (TPSA) is 156 Å². The van der Waals surface area contributed by atoms with E-state index in [2.05, 4.69) is 31.0 Å². The van der Waals surface area contributed by atoms with Crippen LogP contribution in [0.25, 0.3) is 12.2 Å². The molecule has 2 aliphatic heterocycles. The lowest BCUT2D eigenvalue weighted by Crippen LogP contribution is -2.43. The zero-order chi connectivity index (χ0) is 30.5. The van der Waals surface area contributed by atoms with E-state index in [1.807, 2.05) is 60.7 Å². The number of amides is 4. The molecule has 2 aromatic carbocycles. The lowest BCUT2D eigenvalue weighted by Gasteiger charge is -2.23. The summed E-state index contributed by atoms with van der Waals surface area (Å²) in [4.78, 5) is 54.6. The second-order valence-corrected chi connectivity index (χ2v) is 10.8. The summed E-state index contributed by atoms with van der Waals surface area (Å²) in [5.41, 5.74) is 4.08. The van der Waals surface area contributed by atoms with Gasteiger partial charge < -0.3 is 20.4 Å². The summed E-state index contributed by atoms with van der Waals surface area (Å²) in [7, 11) is 0. The number of hydrogen-bond donors (Lipinski definition) is 4. The second kappa shape index (κ2) is 12.8. The van der Waals surface area contributed by atoms with Crippen LogP contribution in [-0.4, -0.2) is 79.0 Å². The number of hydrogen-bond acceptors (Lipinski definition) is 6. The average molecular weight is 593 g/mol. The minimum Gasteiger partial charge on any atom is -0.327 e. The van der Waals surface area contributed by atoms with Gasteiger partial charge in [0.1, 0.15) is 12.1 Å². The van der Waals surface area contributed by atoms with Crippen LogP contribution in [0, 0.1) is 0 Å². The van der Waals surface area contributed by atoms with Gasteiger partial charge in [0.05, 0.1) is 23.5 Å². The Kier molecular flexibility index (Phi) is 8.30. The molecule has 2 fully saturated rings. The van der Waals surface area contributed by atoms with Gasteiger partial charge >= 0.3 is 0 Å². The van der Waals surface area contributed by atoms with Gasteiger partial charge in [0.15, 0.2) is 0 Å². The van der Waals surface area contributed by atoms with E-state index in [0.717, 1.165) is 24.0 Å². The number of likely N-dealkylation sites (tertiary alicyclic amines) is 2. The number of nitrogens with one attached hydrogen (secondary N) is 4. The molecular weight excluding hydrogens is 560 g/mol. The van der Waals surface area contributed by atoms with Gasteiger partial charge in [-0.25, -0.2) is 0 Å². The number of benzene rings is 2. The minimum atomic E-state index is -0.522. The normalized spacial score (nSPS) is 18.1. The van der Waals surface area contributed by atoms with E-state index in [1.165, 1.54) is 24.8 Å². The van der Waals surface area contributed by atoms with Crippen molar-refractivity contribution in [3.8, 4) is 0 Å². The minimum absolute atomic E-state index is 0.203. The molecule has 4 amide bonds. The first-order chi connectivity index (χ1) is 21.5. The standard InChI is InChI=1S/C32H32N8O4/c41-29(27-3-1-15-39(27)31(43)23-17-33-34-18-23)37-25-11-7-21(8-12-25)5-6-22-9-13-26(14-10-22)38-30(42)28-4-2-16-40(28)32(44)24-19-35-36-20-24/h5-14,17-20,27-28H,1-4,15-16H2,(H,33,34)(H,35,36)(H,37,41)(H,38,42)/t27-,28-/m0/s1. The van der Waals surface area contributed by atoms with Crippen LogP contribution in [0.3, 0.4) is 0 Å². The second-order valence-electron chi connectivity index (χ2n) is 10.8. The molecule has 44 heavy (non-hydrogen) atoms. The van der Waals surface area contributed by atoms with Crippen LogP contribution in [0.1, 0.15) is 57.5 Å². The lowest BCUT2D eigenvalue weighted by molar-refractivity contribution is -0.120. The number of nitrogens with zero attached hydrogens (tertiary/aromatic N) is 4. The summed E-state index contributed by atoms with van der Waals surface area (Å²) in [5.74, 6) is -0.823. The van der Waals surface area contributed by atoms with Crippen molar-refractivity contribution in [3.05, 3.63) is 95.6 Å². The average Bonchev–Trinajstić information content (AvgIpc) is 3.88. The van der Waals surface area contributed by atoms with Crippen LogP contribution in [-0.2, 0) is 9.59 Å². The van der Waals surface area contributed by atoms with Gasteiger partial charge in [0, 0.05) is 36.9 Å². The molecule has 4 N–H and O–H groups in total. The quantitative estimate of drug-likeness (QED) is 0.228. The number of carbonyl (C=O) groups excluding carboxylic acids is 4. The fourth-order valence-corrected chi connectivity index (χ4v) is 5.63. The van der Waals surface area contributed by atoms with Crippen molar-refractivity contribution in [3.63, 3.8) is 0 Å². The summed E-state index contributed by atoms with van der Waals surface area (Å²) in [6.45, 7) is 1.07. The molecule has 0 unspecified atom stereocenters. The molecule has 224 valence electrons. The van der Waals surface area contributed by atoms with Crippen molar-refractivity contribution in [2.45, 2.75) is 37.8 Å². The van der Waals surface area contributed by atoms with Gasteiger partial charge in [0.25, 0.3) is 11.8 Å². The van der Waals surface area contributed by atoms with E-state index >= 15 is 0 Å². The van der Waals surface area contributed by atoms with Gasteiger partial charge in [0.2, 0.25) is 11.8 Å². The Morgan fingerprint density at radius 3 is 1.43 bits per heavy atom. The van der Waals surface area contributed by atoms with Gasteiger partial charge in [-0.1, -0.05) is 36.4 Å². The van der Waals surface area contributed by atoms with Crippen molar-refractivity contribution in [1.29, 1.82) is 0 Å². The monoisotopic (exact) mass is 592 g/mol. The van der Waals surface area contributed by atoms with Gasteiger partial charge in [-0.15, -0.1) is 0 Å². The first kappa shape index (κ1) is 28.6. The fourth-order valence-electron chi connectivity index (χ4n) is 5.63. The molecule has 0 spiro atoms. The third-order valence-corrected chi connectivity index (χ3v) is 7.95. The number of aromatic amines is 2. The first-order valence-corrected chi connectivity index (χ1v) is 14.6. The SMILES string of the molecule is O=C(Nc1ccc(C=Cc2ccc(NC(=O)[C@@H]3CCCN3C(=O)c3cn[nH]c3)cc2)cc1)[C@@H]1CCCN1C(=O)c1cn[nH]c1. The number of rotatable bonds is 8. The highest BCUT2D eigenvalue weighted by atomic mass is 16.2. The van der Waals surface area contributed by atoms with Crippen molar-refractivity contribution in [2.24, 2.45) is 0 Å². The summed E-state index contributed by atoms with van der Waals surface area (Å²) in [5, 5.41) is 18.8.